The van der Waals surface area contributed by atoms with Gasteiger partial charge in [-0.3, -0.25) is 0 Å². The van der Waals surface area contributed by atoms with Gasteiger partial charge in [0.05, 0.1) is 5.02 Å². The number of hydrogen-bond acceptors (Lipinski definition) is 1. The van der Waals surface area contributed by atoms with Gasteiger partial charge in [-0.2, -0.15) is 0 Å². The van der Waals surface area contributed by atoms with E-state index in [9.17, 15) is 4.39 Å². The molecule has 1 aromatic rings. The number of rotatable bonds is 3. The van der Waals surface area contributed by atoms with Crippen molar-refractivity contribution in [1.82, 2.24) is 0 Å². The van der Waals surface area contributed by atoms with Gasteiger partial charge in [-0.1, -0.05) is 36.9 Å². The van der Waals surface area contributed by atoms with Crippen LogP contribution in [0.25, 0.3) is 0 Å². The molecule has 1 aromatic carbocycles. The van der Waals surface area contributed by atoms with E-state index in [0.29, 0.717) is 11.8 Å². The Morgan fingerprint density at radius 1 is 1.17 bits per heavy atom. The topological polar surface area (TPSA) is 26.0 Å². The highest BCUT2D eigenvalue weighted by Crippen LogP contribution is 2.31. The lowest BCUT2D eigenvalue weighted by Crippen LogP contribution is -2.24. The van der Waals surface area contributed by atoms with Crippen molar-refractivity contribution >= 4 is 11.6 Å². The molecule has 0 aliphatic heterocycles. The summed E-state index contributed by atoms with van der Waals surface area (Å²) in [7, 11) is 0. The highest BCUT2D eigenvalue weighted by molar-refractivity contribution is 6.30. The third-order valence-electron chi connectivity index (χ3n) is 4.10. The minimum Gasteiger partial charge on any atom is -0.330 e. The number of nitrogens with two attached hydrogens (primary N) is 1. The number of hydrogen-bond donors (Lipinski definition) is 1. The lowest BCUT2D eigenvalue weighted by Gasteiger charge is -2.24. The van der Waals surface area contributed by atoms with Gasteiger partial charge in [0.1, 0.15) is 5.82 Å². The predicted molar refractivity (Wildman–Crippen MR) is 74.2 cm³/mol. The molecule has 2 N–H and O–H groups in total. The summed E-state index contributed by atoms with van der Waals surface area (Å²) in [5, 5.41) is 0.227. The molecule has 0 saturated heterocycles. The number of benzene rings is 1. The zero-order valence-corrected chi connectivity index (χ0v) is 11.4. The van der Waals surface area contributed by atoms with Gasteiger partial charge in [-0.05, 0) is 55.3 Å². The molecule has 0 aromatic heterocycles. The van der Waals surface area contributed by atoms with Crippen molar-refractivity contribution in [2.75, 3.05) is 6.54 Å². The second kappa shape index (κ2) is 6.53. The minimum absolute atomic E-state index is 0.227. The summed E-state index contributed by atoms with van der Waals surface area (Å²) in [4.78, 5) is 0. The van der Waals surface area contributed by atoms with E-state index in [1.165, 1.54) is 38.2 Å². The van der Waals surface area contributed by atoms with Crippen LogP contribution in [0.15, 0.2) is 18.2 Å². The number of halogens is 2. The van der Waals surface area contributed by atoms with E-state index in [1.54, 1.807) is 6.07 Å². The Morgan fingerprint density at radius 3 is 2.56 bits per heavy atom. The standard InChI is InChI=1S/C15H21ClFN/c16-14-9-11(6-7-15(14)17)8-12-4-2-1-3-5-13(12)10-18/h6-7,9,12-13H,1-5,8,10,18H2. The Morgan fingerprint density at radius 2 is 1.89 bits per heavy atom. The van der Waals surface area contributed by atoms with E-state index in [4.69, 9.17) is 17.3 Å². The second-order valence-corrected chi connectivity index (χ2v) is 5.75. The van der Waals surface area contributed by atoms with Gasteiger partial charge in [-0.25, -0.2) is 4.39 Å². The smallest absolute Gasteiger partial charge is 0.141 e. The molecule has 1 nitrogen and oxygen atoms in total. The maximum absolute atomic E-state index is 13.1. The first kappa shape index (κ1) is 13.8. The highest BCUT2D eigenvalue weighted by atomic mass is 35.5. The van der Waals surface area contributed by atoms with Crippen LogP contribution >= 0.6 is 11.6 Å². The molecule has 18 heavy (non-hydrogen) atoms. The van der Waals surface area contributed by atoms with E-state index in [0.717, 1.165) is 18.5 Å². The average molecular weight is 270 g/mol. The third kappa shape index (κ3) is 3.46. The quantitative estimate of drug-likeness (QED) is 0.819. The third-order valence-corrected chi connectivity index (χ3v) is 4.39. The van der Waals surface area contributed by atoms with Crippen molar-refractivity contribution in [3.63, 3.8) is 0 Å². The molecular weight excluding hydrogens is 249 g/mol. The van der Waals surface area contributed by atoms with Gasteiger partial charge in [0.2, 0.25) is 0 Å². The Hall–Kier alpha value is -0.600. The maximum Gasteiger partial charge on any atom is 0.141 e. The van der Waals surface area contributed by atoms with E-state index < -0.39 is 0 Å². The Bertz CT molecular complexity index is 394. The van der Waals surface area contributed by atoms with Crippen molar-refractivity contribution in [2.45, 2.75) is 38.5 Å². The molecule has 1 aliphatic rings. The summed E-state index contributed by atoms with van der Waals surface area (Å²) in [5.74, 6) is 0.895. The summed E-state index contributed by atoms with van der Waals surface area (Å²) >= 11 is 5.83. The van der Waals surface area contributed by atoms with Crippen LogP contribution in [0.1, 0.15) is 37.7 Å². The second-order valence-electron chi connectivity index (χ2n) is 5.35. The molecule has 0 radical (unpaired) electrons. The van der Waals surface area contributed by atoms with E-state index >= 15 is 0 Å². The zero-order valence-electron chi connectivity index (χ0n) is 10.7. The summed E-state index contributed by atoms with van der Waals surface area (Å²) in [6.07, 6.45) is 7.34. The van der Waals surface area contributed by atoms with Gasteiger partial charge in [0.25, 0.3) is 0 Å². The molecule has 3 heteroatoms. The monoisotopic (exact) mass is 269 g/mol. The molecule has 2 rings (SSSR count). The van der Waals surface area contributed by atoms with E-state index in [-0.39, 0.29) is 10.8 Å². The van der Waals surface area contributed by atoms with Crippen LogP contribution in [-0.2, 0) is 6.42 Å². The van der Waals surface area contributed by atoms with Crippen LogP contribution in [-0.4, -0.2) is 6.54 Å². The van der Waals surface area contributed by atoms with Crippen molar-refractivity contribution in [3.05, 3.63) is 34.6 Å². The van der Waals surface area contributed by atoms with E-state index in [1.807, 2.05) is 6.07 Å². The molecule has 1 aliphatic carbocycles. The van der Waals surface area contributed by atoms with Crippen LogP contribution in [0.3, 0.4) is 0 Å². The fraction of sp³-hybridized carbons (Fsp3) is 0.600. The molecule has 1 saturated carbocycles. The minimum atomic E-state index is -0.336. The van der Waals surface area contributed by atoms with Crippen molar-refractivity contribution < 1.29 is 4.39 Å². The lowest BCUT2D eigenvalue weighted by molar-refractivity contribution is 0.318. The van der Waals surface area contributed by atoms with Gasteiger partial charge in [0.15, 0.2) is 0 Å². The van der Waals surface area contributed by atoms with Crippen LogP contribution in [0, 0.1) is 17.7 Å². The molecule has 0 bridgehead atoms. The normalized spacial score (nSPS) is 24.8. The molecule has 0 amide bonds. The Labute approximate surface area is 114 Å². The summed E-state index contributed by atoms with van der Waals surface area (Å²) in [6.45, 7) is 0.763. The fourth-order valence-electron chi connectivity index (χ4n) is 3.01. The maximum atomic E-state index is 13.1. The van der Waals surface area contributed by atoms with Gasteiger partial charge >= 0.3 is 0 Å². The molecule has 2 atom stereocenters. The summed E-state index contributed by atoms with van der Waals surface area (Å²) in [6, 6.07) is 5.07. The summed E-state index contributed by atoms with van der Waals surface area (Å²) < 4.78 is 13.1. The van der Waals surface area contributed by atoms with E-state index in [2.05, 4.69) is 0 Å². The zero-order chi connectivity index (χ0) is 13.0. The largest absolute Gasteiger partial charge is 0.330 e. The first-order chi connectivity index (χ1) is 8.70. The first-order valence-electron chi connectivity index (χ1n) is 6.84. The highest BCUT2D eigenvalue weighted by Gasteiger charge is 2.22. The van der Waals surface area contributed by atoms with Crippen molar-refractivity contribution in [1.29, 1.82) is 0 Å². The molecule has 1 fully saturated rings. The van der Waals surface area contributed by atoms with Gasteiger partial charge in [-0.15, -0.1) is 0 Å². The SMILES string of the molecule is NCC1CCCCCC1Cc1ccc(F)c(Cl)c1. The lowest BCUT2D eigenvalue weighted by atomic mass is 9.83. The summed E-state index contributed by atoms with van der Waals surface area (Å²) in [5.41, 5.74) is 7.02. The average Bonchev–Trinajstić information content (AvgIpc) is 2.59. The molecule has 0 spiro atoms. The van der Waals surface area contributed by atoms with Gasteiger partial charge in [0, 0.05) is 0 Å². The van der Waals surface area contributed by atoms with Crippen LogP contribution in [0.5, 0.6) is 0 Å². The Balaban J connectivity index is 2.07. The molecular formula is C15H21ClFN. The van der Waals surface area contributed by atoms with Crippen molar-refractivity contribution in [3.8, 4) is 0 Å². The first-order valence-corrected chi connectivity index (χ1v) is 7.22. The molecule has 2 unspecified atom stereocenters. The van der Waals surface area contributed by atoms with Gasteiger partial charge < -0.3 is 5.73 Å². The van der Waals surface area contributed by atoms with Crippen LogP contribution in [0.4, 0.5) is 4.39 Å². The van der Waals surface area contributed by atoms with Crippen LogP contribution in [0.2, 0.25) is 5.02 Å². The molecule has 0 heterocycles. The Kier molecular flexibility index (Phi) is 5.02. The fourth-order valence-corrected chi connectivity index (χ4v) is 3.21. The van der Waals surface area contributed by atoms with Crippen LogP contribution < -0.4 is 5.73 Å². The predicted octanol–water partition coefficient (Wildman–Crippen LogP) is 4.18. The van der Waals surface area contributed by atoms with Crippen molar-refractivity contribution in [2.24, 2.45) is 17.6 Å². The molecule has 100 valence electrons.